The minimum atomic E-state index is -1.01. The van der Waals surface area contributed by atoms with Crippen LogP contribution in [0.4, 0.5) is 11.4 Å². The summed E-state index contributed by atoms with van der Waals surface area (Å²) >= 11 is 5.95. The van der Waals surface area contributed by atoms with Gasteiger partial charge in [0.15, 0.2) is 0 Å². The van der Waals surface area contributed by atoms with Gasteiger partial charge in [0.25, 0.3) is 5.91 Å². The normalized spacial score (nSPS) is 15.6. The van der Waals surface area contributed by atoms with Crippen LogP contribution in [0, 0.1) is 0 Å². The summed E-state index contributed by atoms with van der Waals surface area (Å²) in [6.45, 7) is 7.82. The lowest BCUT2D eigenvalue weighted by Crippen LogP contribution is -2.49. The largest absolute Gasteiger partial charge is 0.478 e. The monoisotopic (exact) mass is 429 g/mol. The Morgan fingerprint density at radius 2 is 1.87 bits per heavy atom. The average Bonchev–Trinajstić information content (AvgIpc) is 2.74. The molecule has 1 saturated heterocycles. The lowest BCUT2D eigenvalue weighted by Gasteiger charge is -2.39. The molecule has 2 aromatic carbocycles. The molecule has 1 amide bonds. The second kappa shape index (κ2) is 9.96. The summed E-state index contributed by atoms with van der Waals surface area (Å²) in [5, 5.41) is 13.0. The third kappa shape index (κ3) is 5.32. The second-order valence-corrected chi connectivity index (χ2v) is 8.10. The molecule has 1 unspecified atom stereocenters. The number of benzene rings is 2. The molecule has 1 heterocycles. The SMILES string of the molecule is CCCC(C)N1CCN(c2ccc(NC(=O)c3cccc(Cl)c3)cc2C(=O)O)CC1. The van der Waals surface area contributed by atoms with Gasteiger partial charge in [-0.25, -0.2) is 4.79 Å². The number of piperazine rings is 1. The molecule has 1 aliphatic heterocycles. The molecule has 6 nitrogen and oxygen atoms in total. The van der Waals surface area contributed by atoms with Gasteiger partial charge in [-0.15, -0.1) is 0 Å². The molecule has 0 radical (unpaired) electrons. The lowest BCUT2D eigenvalue weighted by atomic mass is 10.1. The van der Waals surface area contributed by atoms with E-state index >= 15 is 0 Å². The molecule has 0 spiro atoms. The van der Waals surface area contributed by atoms with Crippen LogP contribution < -0.4 is 10.2 Å². The third-order valence-electron chi connectivity index (χ3n) is 5.56. The maximum atomic E-state index is 12.5. The first kappa shape index (κ1) is 22.1. The molecular formula is C23H28ClN3O3. The van der Waals surface area contributed by atoms with Crippen molar-refractivity contribution in [1.29, 1.82) is 0 Å². The van der Waals surface area contributed by atoms with E-state index in [2.05, 4.69) is 29.0 Å². The van der Waals surface area contributed by atoms with E-state index in [0.717, 1.165) is 32.6 Å². The van der Waals surface area contributed by atoms with Gasteiger partial charge >= 0.3 is 5.97 Å². The predicted molar refractivity (Wildman–Crippen MR) is 121 cm³/mol. The minimum Gasteiger partial charge on any atom is -0.478 e. The highest BCUT2D eigenvalue weighted by Crippen LogP contribution is 2.27. The van der Waals surface area contributed by atoms with E-state index in [1.165, 1.54) is 12.5 Å². The number of carbonyl (C=O) groups is 2. The van der Waals surface area contributed by atoms with Gasteiger partial charge in [0, 0.05) is 48.5 Å². The highest BCUT2D eigenvalue weighted by atomic mass is 35.5. The molecule has 1 fully saturated rings. The zero-order valence-electron chi connectivity index (χ0n) is 17.4. The smallest absolute Gasteiger partial charge is 0.337 e. The molecular weight excluding hydrogens is 402 g/mol. The van der Waals surface area contributed by atoms with Gasteiger partial charge in [0.05, 0.1) is 11.3 Å². The van der Waals surface area contributed by atoms with Crippen molar-refractivity contribution in [2.45, 2.75) is 32.7 Å². The van der Waals surface area contributed by atoms with Crippen LogP contribution >= 0.6 is 11.6 Å². The number of halogens is 1. The van der Waals surface area contributed by atoms with Crippen LogP contribution in [0.15, 0.2) is 42.5 Å². The van der Waals surface area contributed by atoms with Crippen molar-refractivity contribution in [2.24, 2.45) is 0 Å². The summed E-state index contributed by atoms with van der Waals surface area (Å²) in [5.41, 5.74) is 1.73. The first-order chi connectivity index (χ1) is 14.4. The van der Waals surface area contributed by atoms with Crippen molar-refractivity contribution >= 4 is 34.9 Å². The quantitative estimate of drug-likeness (QED) is 0.672. The van der Waals surface area contributed by atoms with Crippen LogP contribution in [0.25, 0.3) is 0 Å². The fraction of sp³-hybridized carbons (Fsp3) is 0.391. The van der Waals surface area contributed by atoms with E-state index in [1.807, 2.05) is 0 Å². The molecule has 0 aromatic heterocycles. The van der Waals surface area contributed by atoms with Crippen LogP contribution in [0.1, 0.15) is 47.4 Å². The Morgan fingerprint density at radius 1 is 1.13 bits per heavy atom. The highest BCUT2D eigenvalue weighted by molar-refractivity contribution is 6.31. The fourth-order valence-corrected chi connectivity index (χ4v) is 4.09. The number of nitrogens with zero attached hydrogens (tertiary/aromatic N) is 2. The molecule has 1 atom stereocenters. The molecule has 0 saturated carbocycles. The summed E-state index contributed by atoms with van der Waals surface area (Å²) in [5.74, 6) is -1.34. The van der Waals surface area contributed by atoms with Crippen molar-refractivity contribution in [3.63, 3.8) is 0 Å². The number of carboxylic acids is 1. The standard InChI is InChI=1S/C23H28ClN3O3/c1-3-5-16(2)26-10-12-27(13-11-26)21-9-8-19(15-20(21)23(29)30)25-22(28)17-6-4-7-18(24)14-17/h4,6-9,14-16H,3,5,10-13H2,1-2H3,(H,25,28)(H,29,30). The molecule has 2 aromatic rings. The second-order valence-electron chi connectivity index (χ2n) is 7.66. The Labute approximate surface area is 182 Å². The maximum Gasteiger partial charge on any atom is 0.337 e. The van der Waals surface area contributed by atoms with Crippen LogP contribution in [0.5, 0.6) is 0 Å². The number of amides is 1. The summed E-state index contributed by atoms with van der Waals surface area (Å²) in [4.78, 5) is 28.9. The van der Waals surface area contributed by atoms with Crippen molar-refractivity contribution < 1.29 is 14.7 Å². The van der Waals surface area contributed by atoms with Crippen molar-refractivity contribution in [3.05, 3.63) is 58.6 Å². The van der Waals surface area contributed by atoms with E-state index in [0.29, 0.717) is 28.0 Å². The van der Waals surface area contributed by atoms with E-state index < -0.39 is 5.97 Å². The number of anilines is 2. The highest BCUT2D eigenvalue weighted by Gasteiger charge is 2.24. The van der Waals surface area contributed by atoms with Crippen LogP contribution in [-0.2, 0) is 0 Å². The number of rotatable bonds is 7. The van der Waals surface area contributed by atoms with Gasteiger partial charge in [0.1, 0.15) is 0 Å². The number of hydrogen-bond acceptors (Lipinski definition) is 4. The summed E-state index contributed by atoms with van der Waals surface area (Å²) in [7, 11) is 0. The molecule has 7 heteroatoms. The molecule has 30 heavy (non-hydrogen) atoms. The summed E-state index contributed by atoms with van der Waals surface area (Å²) in [6.07, 6.45) is 2.33. The summed E-state index contributed by atoms with van der Waals surface area (Å²) in [6, 6.07) is 12.2. The van der Waals surface area contributed by atoms with Gasteiger partial charge in [-0.05, 0) is 49.7 Å². The Hall–Kier alpha value is -2.57. The number of nitrogens with one attached hydrogen (secondary N) is 1. The molecule has 0 bridgehead atoms. The molecule has 1 aliphatic rings. The minimum absolute atomic E-state index is 0.189. The Morgan fingerprint density at radius 3 is 2.50 bits per heavy atom. The summed E-state index contributed by atoms with van der Waals surface area (Å²) < 4.78 is 0. The molecule has 0 aliphatic carbocycles. The van der Waals surface area contributed by atoms with Crippen LogP contribution in [0.3, 0.4) is 0 Å². The molecule has 3 rings (SSSR count). The van der Waals surface area contributed by atoms with Gasteiger partial charge in [-0.2, -0.15) is 0 Å². The number of carboxylic acid groups (broad SMARTS) is 1. The Balaban J connectivity index is 1.73. The van der Waals surface area contributed by atoms with Gasteiger partial charge < -0.3 is 15.3 Å². The zero-order chi connectivity index (χ0) is 21.7. The number of carbonyl (C=O) groups excluding carboxylic acids is 1. The average molecular weight is 430 g/mol. The lowest BCUT2D eigenvalue weighted by molar-refractivity contribution is 0.0697. The predicted octanol–water partition coefficient (Wildman–Crippen LogP) is 4.60. The van der Waals surface area contributed by atoms with E-state index in [4.69, 9.17) is 11.6 Å². The zero-order valence-corrected chi connectivity index (χ0v) is 18.2. The fourth-order valence-electron chi connectivity index (χ4n) is 3.90. The van der Waals surface area contributed by atoms with Gasteiger partial charge in [-0.3, -0.25) is 9.69 Å². The van der Waals surface area contributed by atoms with Crippen LogP contribution in [0.2, 0.25) is 5.02 Å². The third-order valence-corrected chi connectivity index (χ3v) is 5.79. The van der Waals surface area contributed by atoms with Crippen molar-refractivity contribution in [1.82, 2.24) is 4.90 Å². The number of aromatic carboxylic acids is 1. The first-order valence-electron chi connectivity index (χ1n) is 10.3. The maximum absolute atomic E-state index is 12.5. The van der Waals surface area contributed by atoms with E-state index in [-0.39, 0.29) is 11.5 Å². The van der Waals surface area contributed by atoms with E-state index in [1.54, 1.807) is 36.4 Å². The van der Waals surface area contributed by atoms with E-state index in [9.17, 15) is 14.7 Å². The van der Waals surface area contributed by atoms with Gasteiger partial charge in [0.2, 0.25) is 0 Å². The van der Waals surface area contributed by atoms with Gasteiger partial charge in [-0.1, -0.05) is 31.0 Å². The first-order valence-corrected chi connectivity index (χ1v) is 10.7. The topological polar surface area (TPSA) is 72.9 Å². The van der Waals surface area contributed by atoms with Crippen LogP contribution in [-0.4, -0.2) is 54.1 Å². The van der Waals surface area contributed by atoms with Crippen molar-refractivity contribution in [3.8, 4) is 0 Å². The molecule has 160 valence electrons. The van der Waals surface area contributed by atoms with Crippen molar-refractivity contribution in [2.75, 3.05) is 36.4 Å². The molecule has 2 N–H and O–H groups in total. The Kier molecular flexibility index (Phi) is 7.34. The number of hydrogen-bond donors (Lipinski definition) is 2. The Bertz CT molecular complexity index is 910.